The lowest BCUT2D eigenvalue weighted by atomic mass is 10.1. The molecule has 0 radical (unpaired) electrons. The topological polar surface area (TPSA) is 55.9 Å². The van der Waals surface area contributed by atoms with Crippen LogP contribution >= 0.6 is 0 Å². The summed E-state index contributed by atoms with van der Waals surface area (Å²) in [4.78, 5) is 0. The van der Waals surface area contributed by atoms with Gasteiger partial charge in [-0.25, -0.2) is 0 Å². The minimum atomic E-state index is 0.257. The Balaban J connectivity index is 1.89. The number of rotatable bonds is 6. The molecule has 16 heavy (non-hydrogen) atoms. The van der Waals surface area contributed by atoms with Crippen LogP contribution < -0.4 is 11.1 Å². The second-order valence-corrected chi connectivity index (χ2v) is 4.78. The van der Waals surface area contributed by atoms with Crippen LogP contribution in [0.2, 0.25) is 0 Å². The van der Waals surface area contributed by atoms with Crippen LogP contribution in [0.25, 0.3) is 0 Å². The van der Waals surface area contributed by atoms with Crippen LogP contribution in [0.4, 0.5) is 0 Å². The summed E-state index contributed by atoms with van der Waals surface area (Å²) in [6.45, 7) is 3.80. The van der Waals surface area contributed by atoms with E-state index in [0.717, 1.165) is 12.5 Å². The second kappa shape index (κ2) is 4.97. The van der Waals surface area contributed by atoms with Gasteiger partial charge in [0.1, 0.15) is 0 Å². The molecule has 3 N–H and O–H groups in total. The molecule has 0 aromatic carbocycles. The molecule has 0 bridgehead atoms. The quantitative estimate of drug-likeness (QED) is 0.758. The number of aromatic nitrogens is 2. The van der Waals surface area contributed by atoms with Crippen molar-refractivity contribution in [3.8, 4) is 0 Å². The van der Waals surface area contributed by atoms with E-state index < -0.39 is 0 Å². The van der Waals surface area contributed by atoms with Gasteiger partial charge in [0.25, 0.3) is 0 Å². The average molecular weight is 222 g/mol. The van der Waals surface area contributed by atoms with Crippen molar-refractivity contribution in [1.82, 2.24) is 15.1 Å². The van der Waals surface area contributed by atoms with Crippen molar-refractivity contribution in [2.24, 2.45) is 18.7 Å². The second-order valence-electron chi connectivity index (χ2n) is 4.78. The van der Waals surface area contributed by atoms with Gasteiger partial charge in [-0.15, -0.1) is 0 Å². The van der Waals surface area contributed by atoms with E-state index in [1.165, 1.54) is 30.5 Å². The number of nitrogens with two attached hydrogens (primary N) is 1. The van der Waals surface area contributed by atoms with Crippen LogP contribution in [0.3, 0.4) is 0 Å². The fourth-order valence-corrected chi connectivity index (χ4v) is 2.05. The predicted molar refractivity (Wildman–Crippen MR) is 65.1 cm³/mol. The van der Waals surface area contributed by atoms with Crippen molar-refractivity contribution in [2.45, 2.75) is 32.2 Å². The van der Waals surface area contributed by atoms with Crippen molar-refractivity contribution in [3.05, 3.63) is 17.5 Å². The van der Waals surface area contributed by atoms with E-state index in [-0.39, 0.29) is 6.04 Å². The summed E-state index contributed by atoms with van der Waals surface area (Å²) in [5, 5.41) is 7.79. The molecule has 1 unspecified atom stereocenters. The summed E-state index contributed by atoms with van der Waals surface area (Å²) >= 11 is 0. The van der Waals surface area contributed by atoms with Crippen molar-refractivity contribution in [3.63, 3.8) is 0 Å². The highest BCUT2D eigenvalue weighted by atomic mass is 15.3. The Hall–Kier alpha value is -0.870. The fourth-order valence-electron chi connectivity index (χ4n) is 2.05. The van der Waals surface area contributed by atoms with E-state index >= 15 is 0 Å². The minimum absolute atomic E-state index is 0.257. The predicted octanol–water partition coefficient (Wildman–Crippen LogP) is 1.12. The fraction of sp³-hybridized carbons (Fsp3) is 0.750. The molecule has 1 aliphatic rings. The molecule has 0 amide bonds. The summed E-state index contributed by atoms with van der Waals surface area (Å²) < 4.78 is 1.90. The average Bonchev–Trinajstić information content (AvgIpc) is 3.04. The van der Waals surface area contributed by atoms with E-state index in [9.17, 15) is 0 Å². The maximum absolute atomic E-state index is 5.82. The summed E-state index contributed by atoms with van der Waals surface area (Å²) in [7, 11) is 1.97. The van der Waals surface area contributed by atoms with Crippen LogP contribution in [0.15, 0.2) is 6.20 Å². The van der Waals surface area contributed by atoms with Gasteiger partial charge >= 0.3 is 0 Å². The van der Waals surface area contributed by atoms with Crippen LogP contribution in [0.1, 0.15) is 36.6 Å². The normalized spacial score (nSPS) is 17.7. The van der Waals surface area contributed by atoms with Crippen LogP contribution in [0.5, 0.6) is 0 Å². The SMILES string of the molecule is Cc1c(C(CN)NCCC2CC2)cnn1C. The number of hydrogen-bond acceptors (Lipinski definition) is 3. The van der Waals surface area contributed by atoms with Crippen LogP contribution in [0, 0.1) is 12.8 Å². The van der Waals surface area contributed by atoms with Gasteiger partial charge in [-0.05, 0) is 25.8 Å². The minimum Gasteiger partial charge on any atom is -0.329 e. The van der Waals surface area contributed by atoms with Gasteiger partial charge in [0.15, 0.2) is 0 Å². The molecule has 0 spiro atoms. The summed E-state index contributed by atoms with van der Waals surface area (Å²) in [5.74, 6) is 0.973. The molecule has 2 rings (SSSR count). The Morgan fingerprint density at radius 2 is 2.38 bits per heavy atom. The number of aryl methyl sites for hydroxylation is 1. The maximum Gasteiger partial charge on any atom is 0.0540 e. The highest BCUT2D eigenvalue weighted by molar-refractivity contribution is 5.20. The molecule has 90 valence electrons. The smallest absolute Gasteiger partial charge is 0.0540 e. The zero-order valence-electron chi connectivity index (χ0n) is 10.2. The zero-order valence-corrected chi connectivity index (χ0v) is 10.2. The van der Waals surface area contributed by atoms with Gasteiger partial charge < -0.3 is 11.1 Å². The molecule has 0 aliphatic heterocycles. The van der Waals surface area contributed by atoms with Crippen molar-refractivity contribution >= 4 is 0 Å². The van der Waals surface area contributed by atoms with Crippen LogP contribution in [-0.2, 0) is 7.05 Å². The summed E-state index contributed by atoms with van der Waals surface area (Å²) in [6.07, 6.45) is 6.05. The lowest BCUT2D eigenvalue weighted by Gasteiger charge is -2.16. The van der Waals surface area contributed by atoms with Gasteiger partial charge in [0.2, 0.25) is 0 Å². The Labute approximate surface area is 97.2 Å². The molecule has 1 heterocycles. The third-order valence-corrected chi connectivity index (χ3v) is 3.52. The molecule has 1 aliphatic carbocycles. The van der Waals surface area contributed by atoms with Crippen LogP contribution in [-0.4, -0.2) is 22.9 Å². The van der Waals surface area contributed by atoms with Crippen molar-refractivity contribution in [1.29, 1.82) is 0 Å². The van der Waals surface area contributed by atoms with E-state index in [1.807, 2.05) is 17.9 Å². The Bertz CT molecular complexity index is 341. The lowest BCUT2D eigenvalue weighted by molar-refractivity contribution is 0.513. The third-order valence-electron chi connectivity index (χ3n) is 3.52. The Kier molecular flexibility index (Phi) is 3.61. The zero-order chi connectivity index (χ0) is 11.5. The number of nitrogens with one attached hydrogen (secondary N) is 1. The summed E-state index contributed by atoms with van der Waals surface area (Å²) in [6, 6.07) is 0.257. The Morgan fingerprint density at radius 1 is 1.62 bits per heavy atom. The first-order valence-corrected chi connectivity index (χ1v) is 6.14. The Morgan fingerprint density at radius 3 is 2.88 bits per heavy atom. The lowest BCUT2D eigenvalue weighted by Crippen LogP contribution is -2.29. The molecule has 1 fully saturated rings. The van der Waals surface area contributed by atoms with E-state index in [1.54, 1.807) is 0 Å². The van der Waals surface area contributed by atoms with Gasteiger partial charge in [-0.1, -0.05) is 12.8 Å². The molecule has 1 aromatic heterocycles. The first-order valence-electron chi connectivity index (χ1n) is 6.14. The highest BCUT2D eigenvalue weighted by Gasteiger charge is 2.21. The first-order chi connectivity index (χ1) is 7.72. The van der Waals surface area contributed by atoms with Gasteiger partial charge in [0, 0.05) is 30.9 Å². The van der Waals surface area contributed by atoms with Crippen molar-refractivity contribution < 1.29 is 0 Å². The standard InChI is InChI=1S/C12H22N4/c1-9-11(8-15-16(9)2)12(7-13)14-6-5-10-3-4-10/h8,10,12,14H,3-7,13H2,1-2H3. The molecule has 1 saturated carbocycles. The number of nitrogens with zero attached hydrogens (tertiary/aromatic N) is 2. The first kappa shape index (κ1) is 11.6. The van der Waals surface area contributed by atoms with Gasteiger partial charge in [-0.2, -0.15) is 5.10 Å². The maximum atomic E-state index is 5.82. The van der Waals surface area contributed by atoms with Gasteiger partial charge in [0.05, 0.1) is 6.20 Å². The molecule has 1 atom stereocenters. The van der Waals surface area contributed by atoms with E-state index in [2.05, 4.69) is 17.3 Å². The molecule has 4 nitrogen and oxygen atoms in total. The largest absolute Gasteiger partial charge is 0.329 e. The molecule has 1 aromatic rings. The third kappa shape index (κ3) is 2.62. The van der Waals surface area contributed by atoms with Gasteiger partial charge in [-0.3, -0.25) is 4.68 Å². The molecule has 0 saturated heterocycles. The van der Waals surface area contributed by atoms with E-state index in [0.29, 0.717) is 6.54 Å². The molecular weight excluding hydrogens is 200 g/mol. The highest BCUT2D eigenvalue weighted by Crippen LogP contribution is 2.32. The molecule has 4 heteroatoms. The number of hydrogen-bond donors (Lipinski definition) is 2. The molecular formula is C12H22N4. The van der Waals surface area contributed by atoms with E-state index in [4.69, 9.17) is 5.73 Å². The van der Waals surface area contributed by atoms with Crippen molar-refractivity contribution in [2.75, 3.05) is 13.1 Å². The monoisotopic (exact) mass is 222 g/mol. The summed E-state index contributed by atoms with van der Waals surface area (Å²) in [5.41, 5.74) is 8.26.